The molecule has 0 heterocycles. The maximum absolute atomic E-state index is 14.5. The number of alkyl halides is 3. The molecule has 1 atom stereocenters. The van der Waals surface area contributed by atoms with Gasteiger partial charge in [0.1, 0.15) is 12.6 Å². The van der Waals surface area contributed by atoms with Crippen LogP contribution < -0.4 is 9.62 Å². The van der Waals surface area contributed by atoms with E-state index in [9.17, 15) is 31.2 Å². The molecule has 0 aliphatic rings. The molecule has 254 valence electrons. The monoisotopic (exact) mass is 719 g/mol. The van der Waals surface area contributed by atoms with Gasteiger partial charge < -0.3 is 10.2 Å². The van der Waals surface area contributed by atoms with Gasteiger partial charge in [-0.1, -0.05) is 83.4 Å². The van der Waals surface area contributed by atoms with Gasteiger partial charge in [0.15, 0.2) is 0 Å². The van der Waals surface area contributed by atoms with Crippen molar-refractivity contribution in [3.63, 3.8) is 0 Å². The van der Waals surface area contributed by atoms with Gasteiger partial charge in [0.25, 0.3) is 10.0 Å². The summed E-state index contributed by atoms with van der Waals surface area (Å²) in [6, 6.07) is 21.5. The van der Waals surface area contributed by atoms with Crippen molar-refractivity contribution in [2.75, 3.05) is 10.8 Å². The first-order valence-electron chi connectivity index (χ1n) is 14.9. The number of anilines is 1. The lowest BCUT2D eigenvalue weighted by Crippen LogP contribution is -2.54. The number of carbonyl (C=O) groups excluding carboxylic acids is 2. The molecule has 0 saturated carbocycles. The summed E-state index contributed by atoms with van der Waals surface area (Å²) in [4.78, 5) is 29.2. The number of nitrogens with zero attached hydrogens (tertiary/aromatic N) is 2. The van der Waals surface area contributed by atoms with Gasteiger partial charge in [-0.25, -0.2) is 8.42 Å². The maximum atomic E-state index is 14.5. The number of nitrogens with one attached hydrogen (secondary N) is 1. The maximum Gasteiger partial charge on any atom is 0.416 e. The molecule has 2 amide bonds. The van der Waals surface area contributed by atoms with E-state index in [4.69, 9.17) is 23.2 Å². The van der Waals surface area contributed by atoms with Gasteiger partial charge in [0.2, 0.25) is 11.8 Å². The summed E-state index contributed by atoms with van der Waals surface area (Å²) < 4.78 is 70.2. The van der Waals surface area contributed by atoms with Crippen molar-refractivity contribution < 1.29 is 31.2 Å². The first-order valence-corrected chi connectivity index (χ1v) is 17.1. The molecule has 48 heavy (non-hydrogen) atoms. The highest BCUT2D eigenvalue weighted by atomic mass is 35.5. The summed E-state index contributed by atoms with van der Waals surface area (Å²) in [5.74, 6) is -1.37. The second-order valence-corrected chi connectivity index (χ2v) is 14.2. The molecule has 0 saturated heterocycles. The van der Waals surface area contributed by atoms with Gasteiger partial charge >= 0.3 is 6.18 Å². The molecule has 0 radical (unpaired) electrons. The number of sulfonamides is 1. The Kier molecular flexibility index (Phi) is 11.8. The topological polar surface area (TPSA) is 86.8 Å². The average Bonchev–Trinajstić information content (AvgIpc) is 3.02. The minimum absolute atomic E-state index is 0.0462. The van der Waals surface area contributed by atoms with Crippen LogP contribution in [-0.2, 0) is 38.8 Å². The van der Waals surface area contributed by atoms with Crippen LogP contribution in [0.1, 0.15) is 36.1 Å². The van der Waals surface area contributed by atoms with Crippen molar-refractivity contribution in [1.29, 1.82) is 0 Å². The Morgan fingerprint density at radius 3 is 2.15 bits per heavy atom. The van der Waals surface area contributed by atoms with Gasteiger partial charge in [-0.05, 0) is 74.4 Å². The standard InChI is InChI=1S/C35H34Cl2F3N3O4S/c1-23(2)41-34(45)32(18-25-8-5-4-6-9-25)42(21-26-14-15-28(36)20-31(26)37)33(44)22-43(29-11-7-10-27(19-29)35(38,39)40)48(46,47)30-16-12-24(3)13-17-30/h4-17,19-20,23,32H,18,21-22H2,1-3H3,(H,41,45)/t32-/m0/s1. The number of carbonyl (C=O) groups is 2. The molecule has 0 unspecified atom stereocenters. The largest absolute Gasteiger partial charge is 0.416 e. The number of rotatable bonds is 12. The summed E-state index contributed by atoms with van der Waals surface area (Å²) in [5.41, 5.74) is 0.399. The van der Waals surface area contributed by atoms with Crippen LogP contribution in [0.15, 0.2) is 102 Å². The van der Waals surface area contributed by atoms with Gasteiger partial charge in [0.05, 0.1) is 16.1 Å². The van der Waals surface area contributed by atoms with Crippen molar-refractivity contribution in [2.24, 2.45) is 0 Å². The predicted octanol–water partition coefficient (Wildman–Crippen LogP) is 7.68. The van der Waals surface area contributed by atoms with Crippen LogP contribution in [0.3, 0.4) is 0 Å². The highest BCUT2D eigenvalue weighted by Gasteiger charge is 2.36. The van der Waals surface area contributed by atoms with E-state index in [1.54, 1.807) is 75.4 Å². The normalized spacial score (nSPS) is 12.4. The quantitative estimate of drug-likeness (QED) is 0.163. The smallest absolute Gasteiger partial charge is 0.352 e. The number of amides is 2. The minimum Gasteiger partial charge on any atom is -0.352 e. The molecule has 7 nitrogen and oxygen atoms in total. The van der Waals surface area contributed by atoms with Crippen LogP contribution in [0.25, 0.3) is 0 Å². The first-order chi connectivity index (χ1) is 22.6. The molecular weight excluding hydrogens is 686 g/mol. The Morgan fingerprint density at radius 2 is 1.54 bits per heavy atom. The lowest BCUT2D eigenvalue weighted by molar-refractivity contribution is -0.140. The summed E-state index contributed by atoms with van der Waals surface area (Å²) >= 11 is 12.6. The molecular formula is C35H34Cl2F3N3O4S. The molecule has 4 aromatic rings. The highest BCUT2D eigenvalue weighted by Crippen LogP contribution is 2.34. The van der Waals surface area contributed by atoms with Crippen molar-refractivity contribution in [3.8, 4) is 0 Å². The molecule has 0 fully saturated rings. The summed E-state index contributed by atoms with van der Waals surface area (Å²) in [5, 5.41) is 3.37. The van der Waals surface area contributed by atoms with E-state index in [1.807, 2.05) is 0 Å². The number of hydrogen-bond acceptors (Lipinski definition) is 4. The molecule has 13 heteroatoms. The SMILES string of the molecule is Cc1ccc(S(=O)(=O)N(CC(=O)N(Cc2ccc(Cl)cc2Cl)[C@@H](Cc2ccccc2)C(=O)NC(C)C)c2cccc(C(F)(F)F)c2)cc1. The third-order valence-electron chi connectivity index (χ3n) is 7.41. The zero-order valence-corrected chi connectivity index (χ0v) is 28.7. The van der Waals surface area contributed by atoms with E-state index < -0.39 is 46.2 Å². The van der Waals surface area contributed by atoms with Crippen LogP contribution in [0.5, 0.6) is 0 Å². The molecule has 1 N–H and O–H groups in total. The number of aryl methyl sites for hydroxylation is 1. The number of hydrogen-bond donors (Lipinski definition) is 1. The van der Waals surface area contributed by atoms with Gasteiger partial charge in [-0.2, -0.15) is 13.2 Å². The summed E-state index contributed by atoms with van der Waals surface area (Å²) in [6.45, 7) is 4.09. The van der Waals surface area contributed by atoms with E-state index >= 15 is 0 Å². The van der Waals surface area contributed by atoms with Crippen LogP contribution in [0.4, 0.5) is 18.9 Å². The lowest BCUT2D eigenvalue weighted by Gasteiger charge is -2.34. The average molecular weight is 721 g/mol. The van der Waals surface area contributed by atoms with Crippen LogP contribution >= 0.6 is 23.2 Å². The van der Waals surface area contributed by atoms with Crippen molar-refractivity contribution in [1.82, 2.24) is 10.2 Å². The van der Waals surface area contributed by atoms with Gasteiger partial charge in [-0.15, -0.1) is 0 Å². The Bertz CT molecular complexity index is 1860. The molecule has 0 aromatic heterocycles. The zero-order valence-electron chi connectivity index (χ0n) is 26.3. The van der Waals surface area contributed by atoms with E-state index in [-0.39, 0.29) is 34.6 Å². The fourth-order valence-electron chi connectivity index (χ4n) is 4.97. The Hall–Kier alpha value is -4.06. The lowest BCUT2D eigenvalue weighted by atomic mass is 10.0. The number of benzene rings is 4. The molecule has 0 bridgehead atoms. The van der Waals surface area contributed by atoms with E-state index in [1.165, 1.54) is 29.2 Å². The fourth-order valence-corrected chi connectivity index (χ4v) is 6.85. The Morgan fingerprint density at radius 1 is 0.875 bits per heavy atom. The minimum atomic E-state index is -4.79. The predicted molar refractivity (Wildman–Crippen MR) is 181 cm³/mol. The second kappa shape index (κ2) is 15.4. The summed E-state index contributed by atoms with van der Waals surface area (Å²) in [6.07, 6.45) is -4.74. The third-order valence-corrected chi connectivity index (χ3v) is 9.78. The Labute approximate surface area is 288 Å². The van der Waals surface area contributed by atoms with E-state index in [0.717, 1.165) is 17.7 Å². The van der Waals surface area contributed by atoms with E-state index in [2.05, 4.69) is 5.32 Å². The highest BCUT2D eigenvalue weighted by molar-refractivity contribution is 7.92. The molecule has 0 spiro atoms. The van der Waals surface area contributed by atoms with Gasteiger partial charge in [-0.3, -0.25) is 13.9 Å². The zero-order chi connectivity index (χ0) is 35.2. The van der Waals surface area contributed by atoms with Gasteiger partial charge in [0, 0.05) is 29.1 Å². The van der Waals surface area contributed by atoms with Crippen LogP contribution in [0.2, 0.25) is 10.0 Å². The van der Waals surface area contributed by atoms with Crippen LogP contribution in [-0.4, -0.2) is 43.8 Å². The molecule has 0 aliphatic heterocycles. The number of halogens is 5. The van der Waals surface area contributed by atoms with Crippen LogP contribution in [0, 0.1) is 6.92 Å². The third kappa shape index (κ3) is 9.30. The first kappa shape index (κ1) is 36.8. The van der Waals surface area contributed by atoms with E-state index in [0.29, 0.717) is 26.5 Å². The Balaban J connectivity index is 1.87. The molecule has 0 aliphatic carbocycles. The van der Waals surface area contributed by atoms with Crippen molar-refractivity contribution >= 4 is 50.7 Å². The van der Waals surface area contributed by atoms with Crippen molar-refractivity contribution in [3.05, 3.63) is 129 Å². The second-order valence-electron chi connectivity index (χ2n) is 11.5. The fraction of sp³-hybridized carbons (Fsp3) is 0.257. The van der Waals surface area contributed by atoms with Crippen molar-refractivity contribution in [2.45, 2.75) is 56.9 Å². The molecule has 4 rings (SSSR count). The molecule has 4 aromatic carbocycles. The summed E-state index contributed by atoms with van der Waals surface area (Å²) in [7, 11) is -4.60.